The Kier molecular flexibility index (Phi) is 6.33. The second kappa shape index (κ2) is 8.97. The average Bonchev–Trinajstić information content (AvgIpc) is 3.25. The van der Waals surface area contributed by atoms with Crippen LogP contribution in [0.4, 0.5) is 4.39 Å². The molecule has 0 N–H and O–H groups in total. The molecule has 1 aromatic carbocycles. The summed E-state index contributed by atoms with van der Waals surface area (Å²) in [5, 5.41) is 4.38. The van der Waals surface area contributed by atoms with Crippen molar-refractivity contribution in [2.45, 2.75) is 38.0 Å². The predicted octanol–water partition coefficient (Wildman–Crippen LogP) is 3.75. The molecule has 0 spiro atoms. The van der Waals surface area contributed by atoms with E-state index in [1.165, 1.54) is 6.07 Å². The van der Waals surface area contributed by atoms with Crippen LogP contribution in [-0.4, -0.2) is 44.3 Å². The summed E-state index contributed by atoms with van der Waals surface area (Å²) < 4.78 is 55.7. The van der Waals surface area contributed by atoms with Gasteiger partial charge in [-0.1, -0.05) is 18.2 Å². The van der Waals surface area contributed by atoms with E-state index >= 15 is 0 Å². The fraction of sp³-hybridized carbons (Fsp3) is 0.476. The van der Waals surface area contributed by atoms with Gasteiger partial charge in [0.05, 0.1) is 31.8 Å². The Labute approximate surface area is 175 Å². The van der Waals surface area contributed by atoms with Gasteiger partial charge in [0, 0.05) is 23.9 Å². The number of nitrogens with zero attached hydrogens (tertiary/aromatic N) is 2. The van der Waals surface area contributed by atoms with E-state index in [0.717, 1.165) is 44.1 Å². The minimum atomic E-state index is -3.59. The maximum Gasteiger partial charge on any atom is 0.271 e. The van der Waals surface area contributed by atoms with E-state index in [1.807, 2.05) is 12.3 Å². The number of aromatic nitrogens is 2. The highest BCUT2D eigenvalue weighted by Gasteiger charge is 2.23. The molecule has 0 bridgehead atoms. The first-order valence-corrected chi connectivity index (χ1v) is 11.6. The summed E-state index contributed by atoms with van der Waals surface area (Å²) in [6, 6.07) is 5.05. The van der Waals surface area contributed by atoms with Crippen molar-refractivity contribution in [2.75, 3.05) is 26.1 Å². The number of rotatable bonds is 6. The normalized spacial score (nSPS) is 22.7. The van der Waals surface area contributed by atoms with Crippen LogP contribution in [0, 0.1) is 5.82 Å². The largest absolute Gasteiger partial charge is 0.369 e. The molecule has 3 heterocycles. The fourth-order valence-corrected chi connectivity index (χ4v) is 4.53. The minimum Gasteiger partial charge on any atom is -0.369 e. The zero-order chi connectivity index (χ0) is 21.1. The molecule has 4 rings (SSSR count). The Morgan fingerprint density at radius 2 is 2.13 bits per heavy atom. The standard InChI is InChI=1S/C21H25FN2O5S/c1-27-30(25,26)14-15-5-8-20(29-13-15)18-7-6-16(10-19(18)22)17-11-23-24(12-17)21-4-2-3-9-28-21/h5-7,10-12,20-21H,2-4,8-9,13-14H2,1H3. The van der Waals surface area contributed by atoms with Crippen molar-refractivity contribution in [3.8, 4) is 11.1 Å². The summed E-state index contributed by atoms with van der Waals surface area (Å²) in [6.45, 7) is 0.862. The van der Waals surface area contributed by atoms with E-state index in [9.17, 15) is 12.8 Å². The quantitative estimate of drug-likeness (QED) is 0.507. The molecule has 2 aliphatic rings. The lowest BCUT2D eigenvalue weighted by molar-refractivity contribution is -0.0394. The molecule has 0 radical (unpaired) electrons. The SMILES string of the molecule is COS(=O)(=O)CC1=CCC(c2ccc(-c3cnn(C4CCCCO4)c3)cc2F)OC1. The van der Waals surface area contributed by atoms with Crippen LogP contribution in [0.3, 0.4) is 0 Å². The first-order chi connectivity index (χ1) is 14.4. The van der Waals surface area contributed by atoms with Gasteiger partial charge >= 0.3 is 0 Å². The molecule has 2 atom stereocenters. The summed E-state index contributed by atoms with van der Waals surface area (Å²) >= 11 is 0. The van der Waals surface area contributed by atoms with Crippen LogP contribution in [0.15, 0.2) is 42.2 Å². The van der Waals surface area contributed by atoms with E-state index in [4.69, 9.17) is 9.47 Å². The van der Waals surface area contributed by atoms with Gasteiger partial charge in [-0.05, 0) is 42.9 Å². The number of ether oxygens (including phenoxy) is 2. The lowest BCUT2D eigenvalue weighted by Crippen LogP contribution is -2.19. The Hall–Kier alpha value is -2.07. The van der Waals surface area contributed by atoms with Crippen LogP contribution in [0.1, 0.15) is 43.6 Å². The van der Waals surface area contributed by atoms with Gasteiger partial charge in [0.1, 0.15) is 12.0 Å². The zero-order valence-corrected chi connectivity index (χ0v) is 17.6. The molecule has 7 nitrogen and oxygen atoms in total. The van der Waals surface area contributed by atoms with Gasteiger partial charge in [-0.25, -0.2) is 9.07 Å². The third-order valence-electron chi connectivity index (χ3n) is 5.44. The molecule has 162 valence electrons. The Morgan fingerprint density at radius 3 is 2.80 bits per heavy atom. The Bertz CT molecular complexity index is 1030. The van der Waals surface area contributed by atoms with Gasteiger partial charge in [0.2, 0.25) is 0 Å². The van der Waals surface area contributed by atoms with Crippen molar-refractivity contribution < 1.29 is 26.5 Å². The molecule has 2 unspecified atom stereocenters. The number of hydrogen-bond acceptors (Lipinski definition) is 6. The van der Waals surface area contributed by atoms with Crippen LogP contribution in [-0.2, 0) is 23.8 Å². The van der Waals surface area contributed by atoms with Crippen molar-refractivity contribution in [1.82, 2.24) is 9.78 Å². The van der Waals surface area contributed by atoms with Gasteiger partial charge in [-0.3, -0.25) is 4.18 Å². The van der Waals surface area contributed by atoms with Gasteiger partial charge in [0.25, 0.3) is 10.1 Å². The van der Waals surface area contributed by atoms with E-state index in [1.54, 1.807) is 23.0 Å². The van der Waals surface area contributed by atoms with Crippen LogP contribution in [0.2, 0.25) is 0 Å². The van der Waals surface area contributed by atoms with Crippen molar-refractivity contribution in [3.05, 3.63) is 53.6 Å². The third kappa shape index (κ3) is 4.80. The molecule has 1 fully saturated rings. The van der Waals surface area contributed by atoms with Crippen molar-refractivity contribution in [3.63, 3.8) is 0 Å². The maximum absolute atomic E-state index is 14.8. The Balaban J connectivity index is 1.45. The molecular formula is C21H25FN2O5S. The zero-order valence-electron chi connectivity index (χ0n) is 16.8. The van der Waals surface area contributed by atoms with Crippen molar-refractivity contribution in [1.29, 1.82) is 0 Å². The van der Waals surface area contributed by atoms with Crippen LogP contribution in [0.25, 0.3) is 11.1 Å². The van der Waals surface area contributed by atoms with E-state index in [0.29, 0.717) is 17.6 Å². The lowest BCUT2D eigenvalue weighted by Gasteiger charge is -2.23. The van der Waals surface area contributed by atoms with Crippen molar-refractivity contribution >= 4 is 10.1 Å². The molecular weight excluding hydrogens is 411 g/mol. The van der Waals surface area contributed by atoms with Gasteiger partial charge < -0.3 is 9.47 Å². The second-order valence-electron chi connectivity index (χ2n) is 7.53. The average molecular weight is 437 g/mol. The number of hydrogen-bond donors (Lipinski definition) is 0. The molecule has 9 heteroatoms. The highest BCUT2D eigenvalue weighted by atomic mass is 32.2. The van der Waals surface area contributed by atoms with Crippen molar-refractivity contribution in [2.24, 2.45) is 0 Å². The van der Waals surface area contributed by atoms with Gasteiger partial charge in [-0.15, -0.1) is 0 Å². The summed E-state index contributed by atoms with van der Waals surface area (Å²) in [4.78, 5) is 0. The predicted molar refractivity (Wildman–Crippen MR) is 109 cm³/mol. The summed E-state index contributed by atoms with van der Waals surface area (Å²) in [6.07, 6.45) is 8.38. The first-order valence-electron chi connectivity index (χ1n) is 9.98. The minimum absolute atomic E-state index is 0.0600. The molecule has 0 saturated carbocycles. The topological polar surface area (TPSA) is 79.7 Å². The Morgan fingerprint density at radius 1 is 1.27 bits per heavy atom. The van der Waals surface area contributed by atoms with Crippen LogP contribution in [0.5, 0.6) is 0 Å². The smallest absolute Gasteiger partial charge is 0.271 e. The highest BCUT2D eigenvalue weighted by Crippen LogP contribution is 2.32. The van der Waals surface area contributed by atoms with Crippen LogP contribution >= 0.6 is 0 Å². The molecule has 1 aromatic heterocycles. The fourth-order valence-electron chi connectivity index (χ4n) is 3.76. The van der Waals surface area contributed by atoms with E-state index in [-0.39, 0.29) is 24.4 Å². The van der Waals surface area contributed by atoms with E-state index < -0.39 is 16.2 Å². The monoisotopic (exact) mass is 436 g/mol. The summed E-state index contributed by atoms with van der Waals surface area (Å²) in [5.41, 5.74) is 2.62. The molecule has 2 aromatic rings. The maximum atomic E-state index is 14.8. The molecule has 0 aliphatic carbocycles. The van der Waals surface area contributed by atoms with Gasteiger partial charge in [-0.2, -0.15) is 13.5 Å². The number of halogens is 1. The second-order valence-corrected chi connectivity index (χ2v) is 9.27. The highest BCUT2D eigenvalue weighted by molar-refractivity contribution is 7.86. The lowest BCUT2D eigenvalue weighted by atomic mass is 9.99. The van der Waals surface area contributed by atoms with Crippen LogP contribution < -0.4 is 0 Å². The molecule has 30 heavy (non-hydrogen) atoms. The number of benzene rings is 1. The van der Waals surface area contributed by atoms with E-state index in [2.05, 4.69) is 9.28 Å². The summed E-state index contributed by atoms with van der Waals surface area (Å²) in [7, 11) is -2.46. The molecule has 1 saturated heterocycles. The summed E-state index contributed by atoms with van der Waals surface area (Å²) in [5.74, 6) is -0.577. The third-order valence-corrected chi connectivity index (χ3v) is 6.67. The first kappa shape index (κ1) is 21.2. The van der Waals surface area contributed by atoms with Gasteiger partial charge in [0.15, 0.2) is 0 Å². The molecule has 2 aliphatic heterocycles. The molecule has 0 amide bonds.